The number of hydrogen-bond donors (Lipinski definition) is 0. The van der Waals surface area contributed by atoms with Crippen LogP contribution in [0.1, 0.15) is 21.5 Å². The molecule has 1 aromatic heterocycles. The van der Waals surface area contributed by atoms with Crippen molar-refractivity contribution in [1.29, 1.82) is 0 Å². The van der Waals surface area contributed by atoms with Crippen molar-refractivity contribution in [2.75, 3.05) is 0 Å². The van der Waals surface area contributed by atoms with E-state index in [4.69, 9.17) is 16.0 Å². The SMILES string of the molecule is Cc1ccc(CC(Br)c2ccoc2Cl)cc1. The van der Waals surface area contributed by atoms with E-state index in [2.05, 4.69) is 47.1 Å². The lowest BCUT2D eigenvalue weighted by atomic mass is 10.1. The largest absolute Gasteiger partial charge is 0.453 e. The number of rotatable bonds is 3. The van der Waals surface area contributed by atoms with E-state index < -0.39 is 0 Å². The van der Waals surface area contributed by atoms with Crippen molar-refractivity contribution in [2.24, 2.45) is 0 Å². The monoisotopic (exact) mass is 298 g/mol. The molecular formula is C13H12BrClO. The summed E-state index contributed by atoms with van der Waals surface area (Å²) in [6.07, 6.45) is 2.51. The molecule has 16 heavy (non-hydrogen) atoms. The zero-order valence-electron chi connectivity index (χ0n) is 8.91. The van der Waals surface area contributed by atoms with Crippen LogP contribution in [0.25, 0.3) is 0 Å². The van der Waals surface area contributed by atoms with Crippen molar-refractivity contribution >= 4 is 27.5 Å². The Hall–Kier alpha value is -0.730. The first-order valence-corrected chi connectivity index (χ1v) is 6.38. The van der Waals surface area contributed by atoms with Gasteiger partial charge in [0.1, 0.15) is 0 Å². The Kier molecular flexibility index (Phi) is 3.72. The summed E-state index contributed by atoms with van der Waals surface area (Å²) >= 11 is 9.56. The second kappa shape index (κ2) is 5.07. The third-order valence-electron chi connectivity index (χ3n) is 2.52. The fourth-order valence-corrected chi connectivity index (χ4v) is 2.68. The summed E-state index contributed by atoms with van der Waals surface area (Å²) in [7, 11) is 0. The van der Waals surface area contributed by atoms with Crippen LogP contribution < -0.4 is 0 Å². The number of hydrogen-bond acceptors (Lipinski definition) is 1. The minimum absolute atomic E-state index is 0.196. The highest BCUT2D eigenvalue weighted by molar-refractivity contribution is 9.09. The molecule has 0 spiro atoms. The molecule has 0 aliphatic carbocycles. The molecule has 0 bridgehead atoms. The molecule has 1 nitrogen and oxygen atoms in total. The average Bonchev–Trinajstić information content (AvgIpc) is 2.68. The van der Waals surface area contributed by atoms with Crippen LogP contribution in [0.4, 0.5) is 0 Å². The molecule has 2 aromatic rings. The average molecular weight is 300 g/mol. The van der Waals surface area contributed by atoms with E-state index in [-0.39, 0.29) is 4.83 Å². The highest BCUT2D eigenvalue weighted by Gasteiger charge is 2.14. The molecule has 0 amide bonds. The quantitative estimate of drug-likeness (QED) is 0.733. The molecule has 3 heteroatoms. The zero-order valence-corrected chi connectivity index (χ0v) is 11.3. The summed E-state index contributed by atoms with van der Waals surface area (Å²) in [6, 6.07) is 10.4. The van der Waals surface area contributed by atoms with Gasteiger partial charge < -0.3 is 4.42 Å². The Bertz CT molecular complexity index is 461. The van der Waals surface area contributed by atoms with Crippen LogP contribution in [0.5, 0.6) is 0 Å². The van der Waals surface area contributed by atoms with Gasteiger partial charge in [0.15, 0.2) is 5.22 Å². The second-order valence-electron chi connectivity index (χ2n) is 3.81. The van der Waals surface area contributed by atoms with Gasteiger partial charge in [-0.1, -0.05) is 45.8 Å². The smallest absolute Gasteiger partial charge is 0.197 e. The van der Waals surface area contributed by atoms with Crippen molar-refractivity contribution in [3.05, 3.63) is 58.5 Å². The molecule has 0 saturated heterocycles. The molecule has 0 saturated carbocycles. The van der Waals surface area contributed by atoms with Crippen LogP contribution in [0.15, 0.2) is 41.0 Å². The highest BCUT2D eigenvalue weighted by Crippen LogP contribution is 2.32. The lowest BCUT2D eigenvalue weighted by Crippen LogP contribution is -1.94. The molecule has 2 rings (SSSR count). The van der Waals surface area contributed by atoms with Crippen molar-refractivity contribution in [3.8, 4) is 0 Å². The van der Waals surface area contributed by atoms with Gasteiger partial charge in [-0.3, -0.25) is 0 Å². The van der Waals surface area contributed by atoms with Crippen molar-refractivity contribution < 1.29 is 4.42 Å². The molecule has 0 radical (unpaired) electrons. The van der Waals surface area contributed by atoms with Gasteiger partial charge in [0.25, 0.3) is 0 Å². The van der Waals surface area contributed by atoms with E-state index in [0.717, 1.165) is 12.0 Å². The highest BCUT2D eigenvalue weighted by atomic mass is 79.9. The van der Waals surface area contributed by atoms with E-state index in [1.165, 1.54) is 11.1 Å². The van der Waals surface area contributed by atoms with Gasteiger partial charge in [-0.05, 0) is 36.6 Å². The number of halogens is 2. The number of furan rings is 1. The third kappa shape index (κ3) is 2.69. The van der Waals surface area contributed by atoms with E-state index in [1.54, 1.807) is 6.26 Å². The molecule has 1 atom stereocenters. The Morgan fingerprint density at radius 1 is 1.25 bits per heavy atom. The van der Waals surface area contributed by atoms with Gasteiger partial charge in [0.05, 0.1) is 6.26 Å². The van der Waals surface area contributed by atoms with Crippen molar-refractivity contribution in [1.82, 2.24) is 0 Å². The van der Waals surface area contributed by atoms with Gasteiger partial charge in [0.2, 0.25) is 0 Å². The summed E-state index contributed by atoms with van der Waals surface area (Å²) in [5.41, 5.74) is 3.56. The Balaban J connectivity index is 2.10. The summed E-state index contributed by atoms with van der Waals surface area (Å²) < 4.78 is 5.08. The van der Waals surface area contributed by atoms with Gasteiger partial charge in [0, 0.05) is 10.4 Å². The van der Waals surface area contributed by atoms with E-state index >= 15 is 0 Å². The Morgan fingerprint density at radius 3 is 2.50 bits per heavy atom. The molecule has 0 aliphatic heterocycles. The molecule has 0 fully saturated rings. The summed E-state index contributed by atoms with van der Waals surface area (Å²) in [5, 5.41) is 0.467. The topological polar surface area (TPSA) is 13.1 Å². The zero-order chi connectivity index (χ0) is 11.5. The van der Waals surface area contributed by atoms with E-state index in [1.807, 2.05) is 6.07 Å². The predicted octanol–water partition coefficient (Wildman–Crippen LogP) is 4.92. The minimum atomic E-state index is 0.196. The first-order valence-electron chi connectivity index (χ1n) is 5.09. The van der Waals surface area contributed by atoms with Crippen LogP contribution in [-0.4, -0.2) is 0 Å². The standard InChI is InChI=1S/C13H12BrClO/c1-9-2-4-10(5-3-9)8-12(14)11-6-7-16-13(11)15/h2-7,12H,8H2,1H3. The maximum absolute atomic E-state index is 5.93. The predicted molar refractivity (Wildman–Crippen MR) is 70.3 cm³/mol. The fraction of sp³-hybridized carbons (Fsp3) is 0.231. The Morgan fingerprint density at radius 2 is 1.94 bits per heavy atom. The van der Waals surface area contributed by atoms with Crippen LogP contribution in [0.2, 0.25) is 5.22 Å². The van der Waals surface area contributed by atoms with Gasteiger partial charge >= 0.3 is 0 Å². The maximum Gasteiger partial charge on any atom is 0.197 e. The first-order chi connectivity index (χ1) is 7.66. The maximum atomic E-state index is 5.93. The Labute approximate surface area is 109 Å². The molecule has 84 valence electrons. The second-order valence-corrected chi connectivity index (χ2v) is 5.26. The lowest BCUT2D eigenvalue weighted by molar-refractivity contribution is 0.565. The fourth-order valence-electron chi connectivity index (χ4n) is 1.57. The van der Waals surface area contributed by atoms with Crippen LogP contribution in [0.3, 0.4) is 0 Å². The summed E-state index contributed by atoms with van der Waals surface area (Å²) in [6.45, 7) is 2.09. The van der Waals surface area contributed by atoms with E-state index in [9.17, 15) is 0 Å². The number of aryl methyl sites for hydroxylation is 1. The van der Waals surface area contributed by atoms with Crippen molar-refractivity contribution in [2.45, 2.75) is 18.2 Å². The molecule has 1 aromatic carbocycles. The molecule has 0 aliphatic rings. The summed E-state index contributed by atoms with van der Waals surface area (Å²) in [4.78, 5) is 0.196. The third-order valence-corrected chi connectivity index (χ3v) is 3.64. The van der Waals surface area contributed by atoms with Crippen LogP contribution in [0, 0.1) is 6.92 Å². The molecular weight excluding hydrogens is 287 g/mol. The van der Waals surface area contributed by atoms with Gasteiger partial charge in [-0.2, -0.15) is 0 Å². The van der Waals surface area contributed by atoms with Crippen LogP contribution in [-0.2, 0) is 6.42 Å². The number of benzene rings is 1. The molecule has 1 heterocycles. The molecule has 0 N–H and O–H groups in total. The van der Waals surface area contributed by atoms with Gasteiger partial charge in [-0.25, -0.2) is 0 Å². The normalized spacial score (nSPS) is 12.7. The number of alkyl halides is 1. The van der Waals surface area contributed by atoms with Crippen molar-refractivity contribution in [3.63, 3.8) is 0 Å². The minimum Gasteiger partial charge on any atom is -0.453 e. The van der Waals surface area contributed by atoms with E-state index in [0.29, 0.717) is 5.22 Å². The molecule has 1 unspecified atom stereocenters. The summed E-state index contributed by atoms with van der Waals surface area (Å²) in [5.74, 6) is 0. The first kappa shape index (κ1) is 11.7. The van der Waals surface area contributed by atoms with Crippen LogP contribution >= 0.6 is 27.5 Å². The lowest BCUT2D eigenvalue weighted by Gasteiger charge is -2.08. The van der Waals surface area contributed by atoms with Gasteiger partial charge in [-0.15, -0.1) is 0 Å².